The molecule has 5 nitrogen and oxygen atoms in total. The van der Waals surface area contributed by atoms with Gasteiger partial charge in [0, 0.05) is 0 Å². The maximum absolute atomic E-state index is 11.8. The number of hydrogen-bond acceptors (Lipinski definition) is 4. The van der Waals surface area contributed by atoms with Crippen LogP contribution < -0.4 is 0 Å². The minimum Gasteiger partial charge on any atom is -0.478 e. The number of aromatic carboxylic acids is 1. The van der Waals surface area contributed by atoms with E-state index in [1.54, 1.807) is 19.1 Å². The van der Waals surface area contributed by atoms with Gasteiger partial charge in [0.1, 0.15) is 0 Å². The van der Waals surface area contributed by atoms with Gasteiger partial charge >= 0.3 is 11.9 Å². The molecule has 104 valence electrons. The van der Waals surface area contributed by atoms with E-state index in [1.807, 2.05) is 6.92 Å². The van der Waals surface area contributed by atoms with Crippen LogP contribution in [0, 0.1) is 0 Å². The van der Waals surface area contributed by atoms with Crippen LogP contribution >= 0.6 is 0 Å². The van der Waals surface area contributed by atoms with E-state index in [0.717, 1.165) is 12.8 Å². The molecule has 5 heteroatoms. The first kappa shape index (κ1) is 15.2. The molecular weight excluding hydrogens is 248 g/mol. The number of rotatable bonds is 7. The van der Waals surface area contributed by atoms with Gasteiger partial charge in [0.25, 0.3) is 0 Å². The molecule has 0 fully saturated rings. The predicted octanol–water partition coefficient (Wildman–Crippen LogP) is 2.70. The van der Waals surface area contributed by atoms with Crippen molar-refractivity contribution >= 4 is 11.9 Å². The summed E-state index contributed by atoms with van der Waals surface area (Å²) >= 11 is 0. The summed E-state index contributed by atoms with van der Waals surface area (Å²) in [4.78, 5) is 22.8. The van der Waals surface area contributed by atoms with E-state index in [0.29, 0.717) is 6.61 Å². The lowest BCUT2D eigenvalue weighted by Crippen LogP contribution is -2.20. The minimum atomic E-state index is -1.16. The summed E-state index contributed by atoms with van der Waals surface area (Å²) < 4.78 is 10.3. The smallest absolute Gasteiger partial charge is 0.341 e. The van der Waals surface area contributed by atoms with E-state index in [1.165, 1.54) is 12.1 Å². The van der Waals surface area contributed by atoms with Crippen LogP contribution in [0.5, 0.6) is 0 Å². The zero-order chi connectivity index (χ0) is 14.3. The second kappa shape index (κ2) is 7.53. The Morgan fingerprint density at radius 3 is 2.47 bits per heavy atom. The van der Waals surface area contributed by atoms with Crippen LogP contribution in [-0.2, 0) is 9.47 Å². The molecule has 1 N–H and O–H groups in total. The van der Waals surface area contributed by atoms with Gasteiger partial charge in [0.05, 0.1) is 17.7 Å². The van der Waals surface area contributed by atoms with Gasteiger partial charge < -0.3 is 14.6 Å². The van der Waals surface area contributed by atoms with Crippen molar-refractivity contribution in [1.29, 1.82) is 0 Å². The van der Waals surface area contributed by atoms with E-state index >= 15 is 0 Å². The van der Waals surface area contributed by atoms with Gasteiger partial charge in [-0.3, -0.25) is 0 Å². The standard InChI is InChI=1S/C14H18O5/c1-3-4-9-18-10(2)19-14(17)12-8-6-5-7-11(12)13(15)16/h5-8,10H,3-4,9H2,1-2H3,(H,15,16). The maximum atomic E-state index is 11.8. The van der Waals surface area contributed by atoms with Crippen molar-refractivity contribution in [2.24, 2.45) is 0 Å². The molecule has 0 spiro atoms. The van der Waals surface area contributed by atoms with E-state index < -0.39 is 18.2 Å². The minimum absolute atomic E-state index is 0.0286. The molecule has 0 radical (unpaired) electrons. The topological polar surface area (TPSA) is 72.8 Å². The number of carboxylic acids is 1. The third-order valence-electron chi connectivity index (χ3n) is 2.50. The van der Waals surface area contributed by atoms with Gasteiger partial charge in [-0.2, -0.15) is 0 Å². The quantitative estimate of drug-likeness (QED) is 0.466. The SMILES string of the molecule is CCCCOC(C)OC(=O)c1ccccc1C(=O)O. The zero-order valence-corrected chi connectivity index (χ0v) is 11.1. The molecule has 0 saturated carbocycles. The van der Waals surface area contributed by atoms with Crippen LogP contribution in [0.3, 0.4) is 0 Å². The molecule has 0 aliphatic carbocycles. The van der Waals surface area contributed by atoms with E-state index in [9.17, 15) is 9.59 Å². The molecule has 0 bridgehead atoms. The second-order valence-corrected chi connectivity index (χ2v) is 4.05. The molecule has 0 aromatic heterocycles. The Labute approximate surface area is 112 Å². The Bertz CT molecular complexity index is 441. The molecule has 1 rings (SSSR count). The maximum Gasteiger partial charge on any atom is 0.341 e. The number of unbranched alkanes of at least 4 members (excludes halogenated alkanes) is 1. The van der Waals surface area contributed by atoms with Crippen LogP contribution in [0.1, 0.15) is 47.4 Å². The first-order valence-electron chi connectivity index (χ1n) is 6.21. The largest absolute Gasteiger partial charge is 0.478 e. The lowest BCUT2D eigenvalue weighted by molar-refractivity contribution is -0.0985. The van der Waals surface area contributed by atoms with Gasteiger partial charge in [0.2, 0.25) is 0 Å². The van der Waals surface area contributed by atoms with Crippen LogP contribution in [0.15, 0.2) is 24.3 Å². The first-order chi connectivity index (χ1) is 9.06. The van der Waals surface area contributed by atoms with Crippen molar-refractivity contribution in [2.75, 3.05) is 6.61 Å². The first-order valence-corrected chi connectivity index (χ1v) is 6.21. The van der Waals surface area contributed by atoms with Crippen molar-refractivity contribution in [3.05, 3.63) is 35.4 Å². The summed E-state index contributed by atoms with van der Waals surface area (Å²) in [6.07, 6.45) is 1.18. The normalized spacial score (nSPS) is 11.9. The highest BCUT2D eigenvalue weighted by Gasteiger charge is 2.19. The van der Waals surface area contributed by atoms with Crippen molar-refractivity contribution in [1.82, 2.24) is 0 Å². The highest BCUT2D eigenvalue weighted by atomic mass is 16.7. The number of carbonyl (C=O) groups excluding carboxylic acids is 1. The van der Waals surface area contributed by atoms with Crippen molar-refractivity contribution < 1.29 is 24.2 Å². The molecule has 19 heavy (non-hydrogen) atoms. The molecule has 0 aliphatic heterocycles. The Kier molecular flexibility index (Phi) is 6.02. The number of ether oxygens (including phenoxy) is 2. The van der Waals surface area contributed by atoms with Crippen molar-refractivity contribution in [3.8, 4) is 0 Å². The number of hydrogen-bond donors (Lipinski definition) is 1. The number of benzene rings is 1. The molecule has 1 atom stereocenters. The molecule has 0 amide bonds. The van der Waals surface area contributed by atoms with E-state index in [4.69, 9.17) is 14.6 Å². The van der Waals surface area contributed by atoms with Gasteiger partial charge in [-0.15, -0.1) is 0 Å². The fraction of sp³-hybridized carbons (Fsp3) is 0.429. The van der Waals surface area contributed by atoms with Crippen LogP contribution in [0.25, 0.3) is 0 Å². The van der Waals surface area contributed by atoms with E-state index in [2.05, 4.69) is 0 Å². The van der Waals surface area contributed by atoms with Gasteiger partial charge in [0.15, 0.2) is 6.29 Å². The highest BCUT2D eigenvalue weighted by molar-refractivity contribution is 6.02. The summed E-state index contributed by atoms with van der Waals surface area (Å²) in [5, 5.41) is 8.98. The summed E-state index contributed by atoms with van der Waals surface area (Å²) in [5.74, 6) is -1.85. The van der Waals surface area contributed by atoms with Gasteiger partial charge in [-0.1, -0.05) is 25.5 Å². The lowest BCUT2D eigenvalue weighted by Gasteiger charge is -2.14. The summed E-state index contributed by atoms with van der Waals surface area (Å²) in [6.45, 7) is 4.14. The van der Waals surface area contributed by atoms with Gasteiger partial charge in [-0.25, -0.2) is 9.59 Å². The average Bonchev–Trinajstić information content (AvgIpc) is 2.39. The number of carbonyl (C=O) groups is 2. The van der Waals surface area contributed by atoms with Gasteiger partial charge in [-0.05, 0) is 25.5 Å². The third-order valence-corrected chi connectivity index (χ3v) is 2.50. The molecule has 0 saturated heterocycles. The molecule has 1 aromatic rings. The zero-order valence-electron chi connectivity index (χ0n) is 11.1. The molecule has 0 aliphatic rings. The van der Waals surface area contributed by atoms with Crippen molar-refractivity contribution in [2.45, 2.75) is 33.0 Å². The molecular formula is C14H18O5. The van der Waals surface area contributed by atoms with E-state index in [-0.39, 0.29) is 11.1 Å². The van der Waals surface area contributed by atoms with Crippen LogP contribution in [0.4, 0.5) is 0 Å². The Balaban J connectivity index is 2.65. The van der Waals surface area contributed by atoms with Crippen molar-refractivity contribution in [3.63, 3.8) is 0 Å². The summed E-state index contributed by atoms with van der Waals surface area (Å²) in [7, 11) is 0. The highest BCUT2D eigenvalue weighted by Crippen LogP contribution is 2.12. The fourth-order valence-electron chi connectivity index (χ4n) is 1.49. The number of esters is 1. The molecule has 1 unspecified atom stereocenters. The lowest BCUT2D eigenvalue weighted by atomic mass is 10.1. The number of carboxylic acid groups (broad SMARTS) is 1. The third kappa shape index (κ3) is 4.71. The second-order valence-electron chi connectivity index (χ2n) is 4.05. The van der Waals surface area contributed by atoms with Crippen LogP contribution in [-0.4, -0.2) is 29.9 Å². The Morgan fingerprint density at radius 1 is 1.26 bits per heavy atom. The molecule has 1 aromatic carbocycles. The monoisotopic (exact) mass is 266 g/mol. The summed E-state index contributed by atoms with van der Waals surface area (Å²) in [6, 6.07) is 5.93. The average molecular weight is 266 g/mol. The Morgan fingerprint density at radius 2 is 1.89 bits per heavy atom. The van der Waals surface area contributed by atoms with Crippen LogP contribution in [0.2, 0.25) is 0 Å². The fourth-order valence-corrected chi connectivity index (χ4v) is 1.49. The molecule has 0 heterocycles. The summed E-state index contributed by atoms with van der Waals surface area (Å²) in [5.41, 5.74) is -0.0470. The Hall–Kier alpha value is -1.88. The predicted molar refractivity (Wildman–Crippen MR) is 69.1 cm³/mol.